The molecule has 0 radical (unpaired) electrons. The Kier molecular flexibility index (Phi) is 3.50. The van der Waals surface area contributed by atoms with Crippen LogP contribution in [-0.4, -0.2) is 14.1 Å². The second-order valence-electron chi connectivity index (χ2n) is 4.63. The van der Waals surface area contributed by atoms with Crippen molar-refractivity contribution in [3.63, 3.8) is 0 Å². The molecule has 0 spiro atoms. The van der Waals surface area contributed by atoms with Crippen molar-refractivity contribution in [3.05, 3.63) is 53.7 Å². The third-order valence-corrected chi connectivity index (χ3v) is 4.34. The van der Waals surface area contributed by atoms with Crippen LogP contribution < -0.4 is 0 Å². The van der Waals surface area contributed by atoms with E-state index in [0.29, 0.717) is 12.1 Å². The number of rotatable bonds is 3. The van der Waals surface area contributed by atoms with Crippen molar-refractivity contribution < 1.29 is 21.5 Å². The molecule has 1 aromatic heterocycles. The van der Waals surface area contributed by atoms with Crippen LogP contribution in [0.5, 0.6) is 0 Å². The number of nitrogens with zero attached hydrogens (tertiary/aromatic N) is 1. The maximum Gasteiger partial charge on any atom is 0.358 e. The molecule has 1 aliphatic carbocycles. The molecular formula is C14H12FNO4S. The number of fused-ring (bicyclic) bond motifs is 1. The third kappa shape index (κ3) is 2.82. The van der Waals surface area contributed by atoms with E-state index >= 15 is 0 Å². The summed E-state index contributed by atoms with van der Waals surface area (Å²) >= 11 is 0. The molecule has 0 saturated carbocycles. The van der Waals surface area contributed by atoms with Crippen molar-refractivity contribution in [2.45, 2.75) is 24.2 Å². The number of hydrogen-bond acceptors (Lipinski definition) is 5. The monoisotopic (exact) mass is 309 g/mol. The maximum atomic E-state index is 12.8. The summed E-state index contributed by atoms with van der Waals surface area (Å²) in [7, 11) is -4.05. The number of hydrogen-bond donors (Lipinski definition) is 0. The highest BCUT2D eigenvalue weighted by Crippen LogP contribution is 2.23. The normalized spacial score (nSPS) is 16.7. The summed E-state index contributed by atoms with van der Waals surface area (Å²) in [6.45, 7) is 0. The van der Waals surface area contributed by atoms with Crippen LogP contribution in [0, 0.1) is 5.82 Å². The molecule has 0 bridgehead atoms. The first-order valence-corrected chi connectivity index (χ1v) is 7.80. The van der Waals surface area contributed by atoms with Crippen molar-refractivity contribution in [2.24, 2.45) is 5.16 Å². The number of oxime groups is 1. The third-order valence-electron chi connectivity index (χ3n) is 3.22. The Hall–Kier alpha value is -2.15. The van der Waals surface area contributed by atoms with E-state index in [0.717, 1.165) is 48.4 Å². The van der Waals surface area contributed by atoms with Crippen molar-refractivity contribution >= 4 is 15.8 Å². The summed E-state index contributed by atoms with van der Waals surface area (Å²) in [5.74, 6) is 0.262. The fraction of sp³-hybridized carbons (Fsp3) is 0.214. The van der Waals surface area contributed by atoms with Crippen LogP contribution in [0.4, 0.5) is 4.39 Å². The van der Waals surface area contributed by atoms with Crippen LogP contribution in [-0.2, 0) is 20.8 Å². The van der Waals surface area contributed by atoms with Crippen LogP contribution in [0.15, 0.2) is 51.1 Å². The molecule has 0 amide bonds. The van der Waals surface area contributed by atoms with Gasteiger partial charge in [-0.15, -0.1) is 0 Å². The smallest absolute Gasteiger partial charge is 0.358 e. The Morgan fingerprint density at radius 3 is 2.67 bits per heavy atom. The lowest BCUT2D eigenvalue weighted by atomic mass is 9.97. The van der Waals surface area contributed by atoms with Gasteiger partial charge < -0.3 is 4.42 Å². The highest BCUT2D eigenvalue weighted by molar-refractivity contribution is 7.86. The van der Waals surface area contributed by atoms with Gasteiger partial charge in [-0.05, 0) is 43.2 Å². The summed E-state index contributed by atoms with van der Waals surface area (Å²) in [5, 5.41) is 3.74. The number of halogens is 1. The van der Waals surface area contributed by atoms with Gasteiger partial charge in [-0.2, -0.15) is 8.42 Å². The van der Waals surface area contributed by atoms with Gasteiger partial charge in [0, 0.05) is 12.0 Å². The van der Waals surface area contributed by atoms with Crippen molar-refractivity contribution in [1.82, 2.24) is 0 Å². The van der Waals surface area contributed by atoms with Gasteiger partial charge in [0.15, 0.2) is 0 Å². The molecule has 2 aromatic rings. The van der Waals surface area contributed by atoms with E-state index in [1.807, 2.05) is 0 Å². The van der Waals surface area contributed by atoms with Gasteiger partial charge in [0.1, 0.15) is 16.5 Å². The van der Waals surface area contributed by atoms with Crippen LogP contribution in [0.25, 0.3) is 0 Å². The average molecular weight is 309 g/mol. The predicted molar refractivity (Wildman–Crippen MR) is 72.9 cm³/mol. The number of furan rings is 1. The Morgan fingerprint density at radius 1 is 1.14 bits per heavy atom. The highest BCUT2D eigenvalue weighted by atomic mass is 32.2. The van der Waals surface area contributed by atoms with Gasteiger partial charge in [0.2, 0.25) is 0 Å². The molecule has 0 N–H and O–H groups in total. The molecule has 0 atom stereocenters. The molecule has 1 heterocycles. The topological polar surface area (TPSA) is 68.9 Å². The molecule has 0 unspecified atom stereocenters. The van der Waals surface area contributed by atoms with Crippen LogP contribution >= 0.6 is 0 Å². The van der Waals surface area contributed by atoms with E-state index in [9.17, 15) is 12.8 Å². The summed E-state index contributed by atoms with van der Waals surface area (Å²) in [6, 6.07) is 6.11. The Bertz CT molecular complexity index is 778. The summed E-state index contributed by atoms with van der Waals surface area (Å²) < 4.78 is 46.7. The zero-order valence-corrected chi connectivity index (χ0v) is 11.8. The lowest BCUT2D eigenvalue weighted by Gasteiger charge is -2.11. The van der Waals surface area contributed by atoms with Gasteiger partial charge >= 0.3 is 10.1 Å². The molecule has 110 valence electrons. The average Bonchev–Trinajstić information content (AvgIpc) is 2.94. The van der Waals surface area contributed by atoms with E-state index in [1.165, 1.54) is 0 Å². The Morgan fingerprint density at radius 2 is 1.90 bits per heavy atom. The standard InChI is InChI=1S/C14H12FNO4S/c15-10-4-6-11(7-5-10)21(17,18)20-16-13-2-1-3-14-12(13)8-9-19-14/h4-9H,1-3H2/b16-13+. The molecule has 21 heavy (non-hydrogen) atoms. The Balaban J connectivity index is 1.85. The minimum atomic E-state index is -4.05. The van der Waals surface area contributed by atoms with E-state index in [1.54, 1.807) is 12.3 Å². The van der Waals surface area contributed by atoms with Crippen LogP contribution in [0.3, 0.4) is 0 Å². The molecule has 0 fully saturated rings. The lowest BCUT2D eigenvalue weighted by Crippen LogP contribution is -2.12. The van der Waals surface area contributed by atoms with E-state index in [4.69, 9.17) is 8.70 Å². The van der Waals surface area contributed by atoms with Gasteiger partial charge in [-0.3, -0.25) is 4.28 Å². The van der Waals surface area contributed by atoms with Crippen molar-refractivity contribution in [3.8, 4) is 0 Å². The zero-order valence-electron chi connectivity index (χ0n) is 11.0. The molecular weight excluding hydrogens is 297 g/mol. The fourth-order valence-corrected chi connectivity index (χ4v) is 2.92. The van der Waals surface area contributed by atoms with Crippen molar-refractivity contribution in [1.29, 1.82) is 0 Å². The minimum Gasteiger partial charge on any atom is -0.469 e. The minimum absolute atomic E-state index is 0.142. The summed E-state index contributed by atoms with van der Waals surface area (Å²) in [5.41, 5.74) is 1.31. The lowest BCUT2D eigenvalue weighted by molar-refractivity contribution is 0.337. The van der Waals surface area contributed by atoms with E-state index < -0.39 is 15.9 Å². The first-order chi connectivity index (χ1) is 10.1. The molecule has 0 saturated heterocycles. The fourth-order valence-electron chi connectivity index (χ4n) is 2.18. The molecule has 5 nitrogen and oxygen atoms in total. The van der Waals surface area contributed by atoms with Gasteiger partial charge in [-0.25, -0.2) is 4.39 Å². The highest BCUT2D eigenvalue weighted by Gasteiger charge is 2.21. The quantitative estimate of drug-likeness (QED) is 0.818. The summed E-state index contributed by atoms with van der Waals surface area (Å²) in [6.07, 6.45) is 3.77. The first kappa shape index (κ1) is 13.8. The second kappa shape index (κ2) is 5.33. The zero-order chi connectivity index (χ0) is 14.9. The molecule has 3 rings (SSSR count). The molecule has 1 aliphatic rings. The molecule has 1 aromatic carbocycles. The second-order valence-corrected chi connectivity index (χ2v) is 6.16. The van der Waals surface area contributed by atoms with Gasteiger partial charge in [-0.1, -0.05) is 5.16 Å². The van der Waals surface area contributed by atoms with E-state index in [-0.39, 0.29) is 4.90 Å². The van der Waals surface area contributed by atoms with Gasteiger partial charge in [0.05, 0.1) is 12.0 Å². The van der Waals surface area contributed by atoms with Gasteiger partial charge in [0.25, 0.3) is 0 Å². The van der Waals surface area contributed by atoms with E-state index in [2.05, 4.69) is 5.16 Å². The molecule has 7 heteroatoms. The van der Waals surface area contributed by atoms with Crippen molar-refractivity contribution in [2.75, 3.05) is 0 Å². The Labute approximate surface area is 121 Å². The van der Waals surface area contributed by atoms with Crippen LogP contribution in [0.1, 0.15) is 24.2 Å². The first-order valence-electron chi connectivity index (χ1n) is 6.39. The number of benzene rings is 1. The maximum absolute atomic E-state index is 12.8. The number of aryl methyl sites for hydroxylation is 1. The summed E-state index contributed by atoms with van der Waals surface area (Å²) in [4.78, 5) is -0.142. The predicted octanol–water partition coefficient (Wildman–Crippen LogP) is 2.86. The largest absolute Gasteiger partial charge is 0.469 e. The molecule has 0 aliphatic heterocycles. The SMILES string of the molecule is O=S(=O)(O/N=C1\CCCc2occc21)c1ccc(F)cc1. The van der Waals surface area contributed by atoms with Crippen LogP contribution in [0.2, 0.25) is 0 Å².